The molecule has 1 saturated heterocycles. The van der Waals surface area contributed by atoms with Gasteiger partial charge in [-0.05, 0) is 95.7 Å². The summed E-state index contributed by atoms with van der Waals surface area (Å²) in [6.07, 6.45) is 7.11. The Morgan fingerprint density at radius 1 is 1.14 bits per heavy atom. The van der Waals surface area contributed by atoms with Crippen LogP contribution in [0.15, 0.2) is 55.0 Å². The zero-order chi connectivity index (χ0) is 29.9. The Kier molecular flexibility index (Phi) is 8.86. The molecule has 5 rings (SSSR count). The number of benzene rings is 1. The molecule has 0 bridgehead atoms. The molecule has 42 heavy (non-hydrogen) atoms. The molecular weight excluding hydrogens is 530 g/mol. The topological polar surface area (TPSA) is 109 Å². The van der Waals surface area contributed by atoms with Crippen molar-refractivity contribution in [1.82, 2.24) is 29.3 Å². The number of nitrogens with zero attached hydrogens (tertiary/aromatic N) is 6. The van der Waals surface area contributed by atoms with Crippen LogP contribution in [-0.2, 0) is 6.54 Å². The van der Waals surface area contributed by atoms with Gasteiger partial charge >= 0.3 is 0 Å². The van der Waals surface area contributed by atoms with Gasteiger partial charge in [0.25, 0.3) is 5.91 Å². The first-order chi connectivity index (χ1) is 20.1. The van der Waals surface area contributed by atoms with E-state index in [1.807, 2.05) is 10.6 Å². The second-order valence-corrected chi connectivity index (χ2v) is 12.0. The van der Waals surface area contributed by atoms with Crippen LogP contribution < -0.4 is 10.1 Å². The van der Waals surface area contributed by atoms with Crippen molar-refractivity contribution in [2.45, 2.75) is 44.8 Å². The zero-order valence-corrected chi connectivity index (χ0v) is 25.2. The van der Waals surface area contributed by atoms with E-state index in [1.165, 1.54) is 5.56 Å². The Morgan fingerprint density at radius 3 is 2.64 bits per heavy atom. The summed E-state index contributed by atoms with van der Waals surface area (Å²) in [6, 6.07) is 11.5. The fraction of sp³-hybridized carbons (Fsp3) is 0.438. The first kappa shape index (κ1) is 29.6. The van der Waals surface area contributed by atoms with E-state index < -0.39 is 5.60 Å². The number of aromatic nitrogens is 4. The largest absolute Gasteiger partial charge is 0.496 e. The molecule has 0 atom stereocenters. The normalized spacial score (nSPS) is 14.9. The average Bonchev–Trinajstić information content (AvgIpc) is 3.30. The Balaban J connectivity index is 1.40. The molecule has 4 aromatic rings. The van der Waals surface area contributed by atoms with E-state index in [2.05, 4.69) is 51.3 Å². The molecule has 1 amide bonds. The average molecular weight is 572 g/mol. The molecular formula is C32H41N7O3. The number of piperidine rings is 1. The van der Waals surface area contributed by atoms with E-state index in [1.54, 1.807) is 57.7 Å². The summed E-state index contributed by atoms with van der Waals surface area (Å²) in [4.78, 5) is 31.6. The van der Waals surface area contributed by atoms with Gasteiger partial charge in [0, 0.05) is 37.2 Å². The second kappa shape index (κ2) is 12.6. The molecule has 10 heteroatoms. The Bertz CT molecular complexity index is 1530. The van der Waals surface area contributed by atoms with Gasteiger partial charge in [-0.15, -0.1) is 0 Å². The summed E-state index contributed by atoms with van der Waals surface area (Å²) in [5.41, 5.74) is 3.63. The second-order valence-electron chi connectivity index (χ2n) is 12.0. The van der Waals surface area contributed by atoms with Gasteiger partial charge in [-0.3, -0.25) is 20.1 Å². The molecule has 0 spiro atoms. The highest BCUT2D eigenvalue weighted by Crippen LogP contribution is 2.32. The first-order valence-corrected chi connectivity index (χ1v) is 14.5. The Morgan fingerprint density at radius 2 is 1.93 bits per heavy atom. The predicted octanol–water partition coefficient (Wildman–Crippen LogP) is 4.27. The van der Waals surface area contributed by atoms with Crippen molar-refractivity contribution in [2.75, 3.05) is 52.7 Å². The standard InChI is InChI=1S/C32H41N7O3/c1-32(2,41)21-39-28-19-23(22-10-14-38(15-11-22)17-16-37(3)4)6-7-26(28)35-31(39)36-30(40)24-8-13-34-27(18-24)25-20-33-12-9-29(25)42-5/h6-9,12-13,18-20,22,41H,10-11,14-17,21H2,1-5H3,(H,35,36,40). The lowest BCUT2D eigenvalue weighted by Crippen LogP contribution is -2.37. The molecule has 2 N–H and O–H groups in total. The third-order valence-corrected chi connectivity index (χ3v) is 7.76. The number of hydrogen-bond acceptors (Lipinski definition) is 8. The molecule has 3 aromatic heterocycles. The molecule has 222 valence electrons. The van der Waals surface area contributed by atoms with E-state index in [-0.39, 0.29) is 12.5 Å². The highest BCUT2D eigenvalue weighted by atomic mass is 16.5. The van der Waals surface area contributed by atoms with Crippen LogP contribution in [0, 0.1) is 0 Å². The van der Waals surface area contributed by atoms with Crippen molar-refractivity contribution in [3.63, 3.8) is 0 Å². The zero-order valence-electron chi connectivity index (χ0n) is 25.2. The fourth-order valence-electron chi connectivity index (χ4n) is 5.51. The maximum atomic E-state index is 13.5. The lowest BCUT2D eigenvalue weighted by molar-refractivity contribution is 0.0630. The number of rotatable bonds is 10. The van der Waals surface area contributed by atoms with E-state index >= 15 is 0 Å². The van der Waals surface area contributed by atoms with Gasteiger partial charge in [-0.2, -0.15) is 0 Å². The number of carbonyl (C=O) groups excluding carboxylic acids is 1. The van der Waals surface area contributed by atoms with Crippen LogP contribution in [-0.4, -0.2) is 93.3 Å². The van der Waals surface area contributed by atoms with Crippen LogP contribution in [0.3, 0.4) is 0 Å². The molecule has 1 fully saturated rings. The minimum Gasteiger partial charge on any atom is -0.496 e. The molecule has 10 nitrogen and oxygen atoms in total. The number of fused-ring (bicyclic) bond motifs is 1. The minimum atomic E-state index is -1.01. The lowest BCUT2D eigenvalue weighted by atomic mass is 9.89. The summed E-state index contributed by atoms with van der Waals surface area (Å²) in [6.45, 7) is 8.12. The number of likely N-dealkylation sites (N-methyl/N-ethyl adjacent to an activating group) is 1. The summed E-state index contributed by atoms with van der Waals surface area (Å²) >= 11 is 0. The van der Waals surface area contributed by atoms with Crippen LogP contribution in [0.1, 0.15) is 48.5 Å². The Labute approximate surface area is 247 Å². The summed E-state index contributed by atoms with van der Waals surface area (Å²) < 4.78 is 7.36. The van der Waals surface area contributed by atoms with E-state index in [0.29, 0.717) is 34.4 Å². The van der Waals surface area contributed by atoms with E-state index in [9.17, 15) is 9.90 Å². The third-order valence-electron chi connectivity index (χ3n) is 7.76. The maximum absolute atomic E-state index is 13.5. The SMILES string of the molecule is COc1ccncc1-c1cc(C(=O)Nc2nc3ccc(C4CCN(CCN(C)C)CC4)cc3n2CC(C)(C)O)ccn1. The van der Waals surface area contributed by atoms with E-state index in [0.717, 1.165) is 50.1 Å². The van der Waals surface area contributed by atoms with Crippen molar-refractivity contribution < 1.29 is 14.6 Å². The molecule has 1 aliphatic rings. The number of amides is 1. The summed E-state index contributed by atoms with van der Waals surface area (Å²) in [5.74, 6) is 1.16. The predicted molar refractivity (Wildman–Crippen MR) is 165 cm³/mol. The molecule has 0 aliphatic carbocycles. The third kappa shape index (κ3) is 6.95. The summed E-state index contributed by atoms with van der Waals surface area (Å²) in [5, 5.41) is 13.8. The van der Waals surface area contributed by atoms with Gasteiger partial charge in [-0.25, -0.2) is 4.98 Å². The smallest absolute Gasteiger partial charge is 0.258 e. The fourth-order valence-corrected chi connectivity index (χ4v) is 5.51. The number of aliphatic hydroxyl groups is 1. The van der Waals surface area contributed by atoms with Gasteiger partial charge < -0.3 is 24.2 Å². The highest BCUT2D eigenvalue weighted by molar-refractivity contribution is 6.04. The van der Waals surface area contributed by atoms with Crippen molar-refractivity contribution in [1.29, 1.82) is 0 Å². The minimum absolute atomic E-state index is 0.278. The number of hydrogen-bond donors (Lipinski definition) is 2. The monoisotopic (exact) mass is 571 g/mol. The van der Waals surface area contributed by atoms with Gasteiger partial charge in [0.2, 0.25) is 5.95 Å². The molecule has 1 aliphatic heterocycles. The van der Waals surface area contributed by atoms with Gasteiger partial charge in [0.15, 0.2) is 0 Å². The highest BCUT2D eigenvalue weighted by Gasteiger charge is 2.24. The maximum Gasteiger partial charge on any atom is 0.258 e. The summed E-state index contributed by atoms with van der Waals surface area (Å²) in [7, 11) is 5.82. The number of pyridine rings is 2. The van der Waals surface area contributed by atoms with Crippen LogP contribution >= 0.6 is 0 Å². The van der Waals surface area contributed by atoms with Crippen LogP contribution in [0.25, 0.3) is 22.3 Å². The van der Waals surface area contributed by atoms with Gasteiger partial charge in [0.05, 0.1) is 41.5 Å². The van der Waals surface area contributed by atoms with Crippen molar-refractivity contribution in [3.05, 3.63) is 66.1 Å². The number of carbonyl (C=O) groups is 1. The molecule has 0 unspecified atom stereocenters. The molecule has 4 heterocycles. The van der Waals surface area contributed by atoms with Gasteiger partial charge in [0.1, 0.15) is 5.75 Å². The van der Waals surface area contributed by atoms with E-state index in [4.69, 9.17) is 9.72 Å². The lowest BCUT2D eigenvalue weighted by Gasteiger charge is -2.32. The number of imidazole rings is 1. The van der Waals surface area contributed by atoms with Crippen LogP contribution in [0.2, 0.25) is 0 Å². The van der Waals surface area contributed by atoms with Gasteiger partial charge in [-0.1, -0.05) is 6.07 Å². The first-order valence-electron chi connectivity index (χ1n) is 14.5. The molecule has 0 radical (unpaired) electrons. The van der Waals surface area contributed by atoms with Crippen molar-refractivity contribution >= 4 is 22.9 Å². The molecule has 0 saturated carbocycles. The van der Waals surface area contributed by atoms with Crippen LogP contribution in [0.4, 0.5) is 5.95 Å². The van der Waals surface area contributed by atoms with Crippen molar-refractivity contribution in [3.8, 4) is 17.0 Å². The number of likely N-dealkylation sites (tertiary alicyclic amines) is 1. The Hall–Kier alpha value is -3.86. The quantitative estimate of drug-likeness (QED) is 0.291. The van der Waals surface area contributed by atoms with Crippen molar-refractivity contribution in [2.24, 2.45) is 0 Å². The molecule has 1 aromatic carbocycles. The number of ether oxygens (including phenoxy) is 1. The van der Waals surface area contributed by atoms with Crippen LogP contribution in [0.5, 0.6) is 5.75 Å². The number of anilines is 1. The number of methoxy groups -OCH3 is 1. The number of nitrogens with one attached hydrogen (secondary N) is 1.